The summed E-state index contributed by atoms with van der Waals surface area (Å²) in [5.41, 5.74) is 4.01. The zero-order chi connectivity index (χ0) is 22.5. The number of carboxylic acids is 1. The average Bonchev–Trinajstić information content (AvgIpc) is 3.19. The number of nitrogens with one attached hydrogen (secondary N) is 2. The Bertz CT molecular complexity index is 1210. The molecule has 3 N–H and O–H groups in total. The van der Waals surface area contributed by atoms with Gasteiger partial charge < -0.3 is 20.1 Å². The molecule has 0 saturated heterocycles. The molecule has 8 heteroatoms. The second kappa shape index (κ2) is 11.7. The predicted molar refractivity (Wildman–Crippen MR) is 140 cm³/mol. The smallest absolute Gasteiger partial charge is 0.321 e. The van der Waals surface area contributed by atoms with Gasteiger partial charge in [-0.1, -0.05) is 48.5 Å². The van der Waals surface area contributed by atoms with E-state index in [1.54, 1.807) is 0 Å². The second-order valence-electron chi connectivity index (χ2n) is 7.50. The number of carbonyl (C=O) groups is 1. The topological polar surface area (TPSA) is 74.3 Å². The van der Waals surface area contributed by atoms with Crippen molar-refractivity contribution in [3.05, 3.63) is 98.6 Å². The van der Waals surface area contributed by atoms with Gasteiger partial charge in [-0.15, -0.1) is 12.4 Å². The number of aromatic nitrogens is 1. The van der Waals surface area contributed by atoms with Crippen molar-refractivity contribution < 1.29 is 14.6 Å². The third kappa shape index (κ3) is 6.38. The molecule has 0 spiro atoms. The van der Waals surface area contributed by atoms with Gasteiger partial charge >= 0.3 is 5.97 Å². The van der Waals surface area contributed by atoms with Crippen LogP contribution in [0.3, 0.4) is 0 Å². The van der Waals surface area contributed by atoms with E-state index in [0.29, 0.717) is 25.3 Å². The van der Waals surface area contributed by atoms with Gasteiger partial charge in [0.15, 0.2) is 0 Å². The van der Waals surface area contributed by atoms with Crippen molar-refractivity contribution in [2.24, 2.45) is 0 Å². The first-order valence-corrected chi connectivity index (χ1v) is 11.8. The Balaban J connectivity index is 0.00000306. The molecule has 3 aromatic carbocycles. The fourth-order valence-corrected chi connectivity index (χ4v) is 5.10. The van der Waals surface area contributed by atoms with E-state index in [0.717, 1.165) is 36.5 Å². The van der Waals surface area contributed by atoms with E-state index in [1.807, 2.05) is 72.9 Å². The summed E-state index contributed by atoms with van der Waals surface area (Å²) < 4.78 is 7.59. The van der Waals surface area contributed by atoms with Gasteiger partial charge in [-0.3, -0.25) is 4.79 Å². The molecule has 4 rings (SSSR count). The molecule has 0 aliphatic rings. The molecule has 1 unspecified atom stereocenters. The first kappa shape index (κ1) is 25.3. The zero-order valence-electron chi connectivity index (χ0n) is 17.6. The Kier molecular flexibility index (Phi) is 8.97. The van der Waals surface area contributed by atoms with Gasteiger partial charge in [0.25, 0.3) is 0 Å². The summed E-state index contributed by atoms with van der Waals surface area (Å²) in [6.07, 6.45) is 2.27. The van der Waals surface area contributed by atoms with Crippen molar-refractivity contribution in [2.45, 2.75) is 25.6 Å². The van der Waals surface area contributed by atoms with E-state index in [4.69, 9.17) is 4.74 Å². The lowest BCUT2D eigenvalue weighted by Gasteiger charge is -2.16. The minimum absolute atomic E-state index is 0. The number of rotatable bonds is 9. The molecular formula is C25H23Br2ClN2O3. The number of carboxylic acid groups (broad SMARTS) is 1. The molecule has 172 valence electrons. The molecule has 0 radical (unpaired) electrons. The molecule has 0 aliphatic carbocycles. The van der Waals surface area contributed by atoms with Crippen LogP contribution in [-0.4, -0.2) is 22.1 Å². The summed E-state index contributed by atoms with van der Waals surface area (Å²) in [6.45, 7) is 0.872. The Morgan fingerprint density at radius 3 is 2.36 bits per heavy atom. The number of aliphatic carboxylic acids is 1. The molecular weight excluding hydrogens is 572 g/mol. The number of ether oxygens (including phenoxy) is 1. The third-order valence-electron chi connectivity index (χ3n) is 5.23. The monoisotopic (exact) mass is 592 g/mol. The van der Waals surface area contributed by atoms with Gasteiger partial charge in [0.1, 0.15) is 18.4 Å². The molecule has 5 nitrogen and oxygen atoms in total. The maximum absolute atomic E-state index is 11.9. The van der Waals surface area contributed by atoms with Crippen LogP contribution in [0.2, 0.25) is 0 Å². The Hall–Kier alpha value is -2.32. The second-order valence-corrected chi connectivity index (χ2v) is 9.21. The SMILES string of the molecule is Cl.O=C(O)C(Cc1c[nH]c2ccccc12)NCc1cc(Br)c(OCc2ccccc2)c(Br)c1. The molecule has 0 bridgehead atoms. The lowest BCUT2D eigenvalue weighted by Crippen LogP contribution is -2.38. The van der Waals surface area contributed by atoms with E-state index >= 15 is 0 Å². The van der Waals surface area contributed by atoms with E-state index in [9.17, 15) is 9.90 Å². The molecule has 0 aliphatic heterocycles. The van der Waals surface area contributed by atoms with Crippen molar-refractivity contribution in [3.8, 4) is 5.75 Å². The summed E-state index contributed by atoms with van der Waals surface area (Å²) in [6, 6.07) is 21.0. The predicted octanol–water partition coefficient (Wildman–Crippen LogP) is 6.48. The molecule has 0 fully saturated rings. The van der Waals surface area contributed by atoms with Crippen LogP contribution in [0.25, 0.3) is 10.9 Å². The third-order valence-corrected chi connectivity index (χ3v) is 6.41. The van der Waals surface area contributed by atoms with Crippen LogP contribution in [0.4, 0.5) is 0 Å². The number of para-hydroxylation sites is 1. The Morgan fingerprint density at radius 2 is 1.67 bits per heavy atom. The number of fused-ring (bicyclic) bond motifs is 1. The summed E-state index contributed by atoms with van der Waals surface area (Å²) in [4.78, 5) is 15.1. The molecule has 4 aromatic rings. The number of H-pyrrole nitrogens is 1. The first-order valence-electron chi connectivity index (χ1n) is 10.2. The highest BCUT2D eigenvalue weighted by molar-refractivity contribution is 9.11. The van der Waals surface area contributed by atoms with Crippen molar-refractivity contribution in [1.29, 1.82) is 0 Å². The minimum Gasteiger partial charge on any atom is -0.487 e. The van der Waals surface area contributed by atoms with E-state index in [-0.39, 0.29) is 12.4 Å². The number of aromatic amines is 1. The molecule has 33 heavy (non-hydrogen) atoms. The Morgan fingerprint density at radius 1 is 1.00 bits per heavy atom. The summed E-state index contributed by atoms with van der Waals surface area (Å²) in [5, 5.41) is 14.0. The number of hydrogen-bond acceptors (Lipinski definition) is 3. The highest BCUT2D eigenvalue weighted by atomic mass is 79.9. The van der Waals surface area contributed by atoms with Crippen LogP contribution < -0.4 is 10.1 Å². The lowest BCUT2D eigenvalue weighted by atomic mass is 10.0. The highest BCUT2D eigenvalue weighted by Crippen LogP contribution is 2.35. The van der Waals surface area contributed by atoms with Crippen LogP contribution in [0, 0.1) is 0 Å². The van der Waals surface area contributed by atoms with Crippen LogP contribution in [0.5, 0.6) is 5.75 Å². The lowest BCUT2D eigenvalue weighted by molar-refractivity contribution is -0.139. The number of hydrogen-bond donors (Lipinski definition) is 3. The molecule has 1 atom stereocenters. The van der Waals surface area contributed by atoms with Crippen LogP contribution in [0.15, 0.2) is 81.9 Å². The molecule has 0 saturated carbocycles. The van der Waals surface area contributed by atoms with Gasteiger partial charge in [0.2, 0.25) is 0 Å². The fraction of sp³-hybridized carbons (Fsp3) is 0.160. The summed E-state index contributed by atoms with van der Waals surface area (Å²) in [5.74, 6) is -0.164. The largest absolute Gasteiger partial charge is 0.487 e. The van der Waals surface area contributed by atoms with Crippen LogP contribution >= 0.6 is 44.3 Å². The molecule has 1 heterocycles. The maximum atomic E-state index is 11.9. The quantitative estimate of drug-likeness (QED) is 0.207. The van der Waals surface area contributed by atoms with Gasteiger partial charge in [0.05, 0.1) is 8.95 Å². The summed E-state index contributed by atoms with van der Waals surface area (Å²) >= 11 is 7.16. The minimum atomic E-state index is -0.878. The number of halogens is 3. The van der Waals surface area contributed by atoms with Crippen molar-refractivity contribution in [2.75, 3.05) is 0 Å². The van der Waals surface area contributed by atoms with Crippen LogP contribution in [-0.2, 0) is 24.4 Å². The molecule has 0 amide bonds. The van der Waals surface area contributed by atoms with E-state index in [1.165, 1.54) is 0 Å². The van der Waals surface area contributed by atoms with Gasteiger partial charge in [0, 0.05) is 30.1 Å². The van der Waals surface area contributed by atoms with E-state index in [2.05, 4.69) is 42.2 Å². The maximum Gasteiger partial charge on any atom is 0.321 e. The van der Waals surface area contributed by atoms with Gasteiger partial charge in [-0.25, -0.2) is 0 Å². The zero-order valence-corrected chi connectivity index (χ0v) is 21.5. The summed E-state index contributed by atoms with van der Waals surface area (Å²) in [7, 11) is 0. The first-order chi connectivity index (χ1) is 15.5. The van der Waals surface area contributed by atoms with Crippen molar-refractivity contribution >= 4 is 61.1 Å². The highest BCUT2D eigenvalue weighted by Gasteiger charge is 2.20. The average molecular weight is 595 g/mol. The normalized spacial score (nSPS) is 11.7. The van der Waals surface area contributed by atoms with Crippen molar-refractivity contribution in [1.82, 2.24) is 10.3 Å². The van der Waals surface area contributed by atoms with Gasteiger partial charge in [-0.2, -0.15) is 0 Å². The van der Waals surface area contributed by atoms with Gasteiger partial charge in [-0.05, 0) is 66.7 Å². The Labute approximate surface area is 215 Å². The molecule has 1 aromatic heterocycles. The van der Waals surface area contributed by atoms with E-state index < -0.39 is 12.0 Å². The van der Waals surface area contributed by atoms with Crippen molar-refractivity contribution in [3.63, 3.8) is 0 Å². The van der Waals surface area contributed by atoms with Crippen LogP contribution in [0.1, 0.15) is 16.7 Å². The number of benzene rings is 3. The fourth-order valence-electron chi connectivity index (χ4n) is 3.59. The standard InChI is InChI=1S/C25H22Br2N2O3.ClH/c26-20-10-17(11-21(27)24(20)32-15-16-6-2-1-3-7-16)13-28-23(25(30)31)12-18-14-29-22-9-5-4-8-19(18)22;/h1-11,14,23,28-29H,12-13,15H2,(H,30,31);1H.